The van der Waals surface area contributed by atoms with Crippen molar-refractivity contribution >= 4 is 105 Å². The number of hydrogen-bond donors (Lipinski definition) is 16. The summed E-state index contributed by atoms with van der Waals surface area (Å²) in [5.74, 6) is -16.7. The Morgan fingerprint density at radius 3 is 1.15 bits per heavy atom. The number of rotatable bonds is 28. The number of carbonyl (C=O) groups excluding carboxylic acids is 4. The first kappa shape index (κ1) is 61.9. The molecule has 0 saturated heterocycles. The van der Waals surface area contributed by atoms with Crippen LogP contribution in [-0.2, 0) is 51.4 Å². The van der Waals surface area contributed by atoms with Crippen molar-refractivity contribution in [1.29, 1.82) is 0 Å². The van der Waals surface area contributed by atoms with E-state index in [1.54, 1.807) is 0 Å². The third kappa shape index (κ3) is 17.6. The Labute approximate surface area is 458 Å². The third-order valence-corrected chi connectivity index (χ3v) is 11.7. The van der Waals surface area contributed by atoms with E-state index in [4.69, 9.17) is 33.1 Å². The Morgan fingerprint density at radius 2 is 0.841 bits per heavy atom. The number of anilines is 4. The van der Waals surface area contributed by atoms with E-state index < -0.39 is 132 Å². The molecule has 0 bridgehead atoms. The van der Waals surface area contributed by atoms with Crippen molar-refractivity contribution in [2.75, 3.05) is 22.1 Å². The monoisotopic (exact) mass is 1140 g/mol. The predicted octanol–water partition coefficient (Wildman–Crippen LogP) is -2.12. The van der Waals surface area contributed by atoms with E-state index in [0.29, 0.717) is 22.8 Å². The highest BCUT2D eigenvalue weighted by atomic mass is 16.4. The van der Waals surface area contributed by atoms with Gasteiger partial charge < -0.3 is 74.8 Å². The number of H-pyrrole nitrogens is 2. The van der Waals surface area contributed by atoms with Crippen LogP contribution in [0.25, 0.3) is 22.3 Å². The number of carboxylic acids is 6. The molecule has 4 heterocycles. The van der Waals surface area contributed by atoms with E-state index in [-0.39, 0.29) is 71.3 Å². The zero-order valence-corrected chi connectivity index (χ0v) is 42.5. The highest BCUT2D eigenvalue weighted by molar-refractivity contribution is 6.03. The van der Waals surface area contributed by atoms with Gasteiger partial charge in [0.2, 0.25) is 11.9 Å². The summed E-state index contributed by atoms with van der Waals surface area (Å²) in [6, 6.07) is 5.18. The molecule has 4 aromatic heterocycles. The van der Waals surface area contributed by atoms with Gasteiger partial charge in [0, 0.05) is 35.3 Å². The number of aliphatic carboxylic acids is 6. The van der Waals surface area contributed by atoms with Crippen molar-refractivity contribution in [1.82, 2.24) is 50.5 Å². The van der Waals surface area contributed by atoms with Crippen LogP contribution in [0, 0.1) is 11.8 Å². The Kier molecular flexibility index (Phi) is 21.2. The predicted molar refractivity (Wildman–Crippen MR) is 281 cm³/mol. The van der Waals surface area contributed by atoms with Crippen molar-refractivity contribution in [3.8, 4) is 0 Å². The van der Waals surface area contributed by atoms with E-state index in [1.165, 1.54) is 60.9 Å². The minimum absolute atomic E-state index is 0.00702. The molecule has 0 aliphatic heterocycles. The van der Waals surface area contributed by atoms with Gasteiger partial charge in [0.15, 0.2) is 33.9 Å². The van der Waals surface area contributed by atoms with Crippen LogP contribution in [0.5, 0.6) is 0 Å². The molecule has 432 valence electrons. The van der Waals surface area contributed by atoms with Gasteiger partial charge in [0.05, 0.1) is 49.0 Å². The van der Waals surface area contributed by atoms with E-state index >= 15 is 0 Å². The summed E-state index contributed by atoms with van der Waals surface area (Å²) in [6.45, 7) is 0.303. The molecule has 6 unspecified atom stereocenters. The number of aromatic amines is 2. The molecule has 2 aromatic carbocycles. The molecule has 34 heteroatoms. The minimum atomic E-state index is -1.88. The van der Waals surface area contributed by atoms with E-state index in [2.05, 4.69) is 61.1 Å². The molecule has 0 radical (unpaired) electrons. The molecule has 0 spiro atoms. The Morgan fingerprint density at radius 1 is 0.500 bits per heavy atom. The number of ketones is 2. The summed E-state index contributed by atoms with van der Waals surface area (Å²) in [5, 5.41) is 65.9. The number of amides is 2. The molecule has 6 aromatic rings. The molecule has 82 heavy (non-hydrogen) atoms. The standard InChI is InChI=1S/2C24H26N8O9/c2*25-14(5-6-16(33)34)18(35)13(22(38)39)7-15(23(40)41)30-20(36)10-1-3-11(4-2-10)27-8-12-9-28-19-17(29-12)21(37)32-24(26)31-19/h2*1-4,9,13-15,27H,5-8,25H2,(H,30,36)(H,33,34)(H,38,39)(H,40,41)(H3,26,28,31,32,37). The highest BCUT2D eigenvalue weighted by Crippen LogP contribution is 2.19. The molecule has 0 fully saturated rings. The largest absolute Gasteiger partial charge is 0.481 e. The first-order valence-electron chi connectivity index (χ1n) is 24.0. The minimum Gasteiger partial charge on any atom is -0.481 e. The number of nitrogens with two attached hydrogens (primary N) is 4. The molecule has 20 N–H and O–H groups in total. The fourth-order valence-corrected chi connectivity index (χ4v) is 7.41. The van der Waals surface area contributed by atoms with Crippen molar-refractivity contribution < 1.29 is 78.6 Å². The van der Waals surface area contributed by atoms with Gasteiger partial charge in [-0.3, -0.25) is 57.9 Å². The number of benzene rings is 2. The van der Waals surface area contributed by atoms with E-state index in [1.807, 2.05) is 0 Å². The van der Waals surface area contributed by atoms with Crippen LogP contribution in [-0.4, -0.2) is 154 Å². The number of nitrogen functional groups attached to an aromatic ring is 2. The van der Waals surface area contributed by atoms with Crippen molar-refractivity contribution in [3.63, 3.8) is 0 Å². The van der Waals surface area contributed by atoms with Crippen LogP contribution in [0.1, 0.15) is 70.6 Å². The molecular weight excluding hydrogens is 1090 g/mol. The number of Topliss-reactive ketones (excluding diaryl/α,β-unsaturated/α-hetero) is 2. The lowest BCUT2D eigenvalue weighted by atomic mass is 9.90. The highest BCUT2D eigenvalue weighted by Gasteiger charge is 2.37. The van der Waals surface area contributed by atoms with Crippen molar-refractivity contribution in [2.45, 2.75) is 75.8 Å². The Hall–Kier alpha value is -10.9. The lowest BCUT2D eigenvalue weighted by Gasteiger charge is -2.21. The quantitative estimate of drug-likeness (QED) is 0.0234. The van der Waals surface area contributed by atoms with Gasteiger partial charge in [-0.1, -0.05) is 0 Å². The summed E-state index contributed by atoms with van der Waals surface area (Å²) in [6.07, 6.45) is -0.411. The summed E-state index contributed by atoms with van der Waals surface area (Å²) in [4.78, 5) is 171. The number of hydrogen-bond acceptors (Lipinski definition) is 24. The average Bonchev–Trinajstić information content (AvgIpc) is 3.52. The molecule has 0 saturated carbocycles. The second-order valence-corrected chi connectivity index (χ2v) is 17.7. The number of carbonyl (C=O) groups is 10. The molecule has 6 atom stereocenters. The van der Waals surface area contributed by atoms with Gasteiger partial charge in [-0.2, -0.15) is 9.97 Å². The fourth-order valence-electron chi connectivity index (χ4n) is 7.41. The van der Waals surface area contributed by atoms with Gasteiger partial charge in [-0.15, -0.1) is 0 Å². The Bertz CT molecular complexity index is 3310. The molecule has 2 amide bonds. The number of carboxylic acid groups (broad SMARTS) is 6. The third-order valence-electron chi connectivity index (χ3n) is 11.7. The maximum Gasteiger partial charge on any atom is 0.326 e. The lowest BCUT2D eigenvalue weighted by Crippen LogP contribution is -2.47. The maximum absolute atomic E-state index is 12.7. The molecule has 0 aliphatic carbocycles. The van der Waals surface area contributed by atoms with E-state index in [0.717, 1.165) is 0 Å². The average molecular weight is 1140 g/mol. The van der Waals surface area contributed by atoms with Crippen molar-refractivity contribution in [3.05, 3.63) is 104 Å². The van der Waals surface area contributed by atoms with Crippen LogP contribution in [0.4, 0.5) is 23.3 Å². The van der Waals surface area contributed by atoms with Gasteiger partial charge in [-0.05, 0) is 74.2 Å². The van der Waals surface area contributed by atoms with Crippen LogP contribution in [0.15, 0.2) is 70.5 Å². The van der Waals surface area contributed by atoms with Gasteiger partial charge in [0.25, 0.3) is 22.9 Å². The number of fused-ring (bicyclic) bond motifs is 2. The van der Waals surface area contributed by atoms with Crippen LogP contribution in [0.3, 0.4) is 0 Å². The van der Waals surface area contributed by atoms with Crippen LogP contribution in [0.2, 0.25) is 0 Å². The fraction of sp³-hybridized carbons (Fsp3) is 0.292. The molecule has 0 aliphatic rings. The SMILES string of the molecule is Nc1nc2ncc(CNc3ccc(C(=O)NC(CC(C(=O)O)C(=O)C(N)CCC(=O)O)C(=O)O)cc3)nc2c(=O)[nH]1.Nc1nc2ncc(CNc3ccc(C(=O)NC(CC(C(=O)O)C(=O)C(N)CCC(=O)O)C(=O)O)cc3)nc2c(=O)[nH]1. The number of nitrogens with zero attached hydrogens (tertiary/aromatic N) is 6. The normalized spacial score (nSPS) is 13.1. The summed E-state index contributed by atoms with van der Waals surface area (Å²) < 4.78 is 0. The number of nitrogens with one attached hydrogen (secondary N) is 6. The van der Waals surface area contributed by atoms with Gasteiger partial charge in [0.1, 0.15) is 23.9 Å². The Balaban J connectivity index is 0.000000301. The lowest BCUT2D eigenvalue weighted by molar-refractivity contribution is -0.150. The summed E-state index contributed by atoms with van der Waals surface area (Å²) in [7, 11) is 0. The first-order valence-corrected chi connectivity index (χ1v) is 24.0. The van der Waals surface area contributed by atoms with Crippen LogP contribution >= 0.6 is 0 Å². The first-order chi connectivity index (χ1) is 38.7. The summed E-state index contributed by atoms with van der Waals surface area (Å²) in [5.41, 5.74) is 23.3. The smallest absolute Gasteiger partial charge is 0.326 e. The summed E-state index contributed by atoms with van der Waals surface area (Å²) >= 11 is 0. The zero-order valence-electron chi connectivity index (χ0n) is 42.5. The second-order valence-electron chi connectivity index (χ2n) is 17.7. The molecule has 6 rings (SSSR count). The van der Waals surface area contributed by atoms with Gasteiger partial charge >= 0.3 is 35.8 Å². The number of aromatic nitrogens is 8. The molecule has 34 nitrogen and oxygen atoms in total. The van der Waals surface area contributed by atoms with Crippen molar-refractivity contribution in [2.24, 2.45) is 23.3 Å². The van der Waals surface area contributed by atoms with E-state index in [9.17, 15) is 78.0 Å². The maximum atomic E-state index is 12.7. The van der Waals surface area contributed by atoms with Crippen LogP contribution < -0.4 is 55.3 Å². The molecular formula is C48H52N16O18. The van der Waals surface area contributed by atoms with Gasteiger partial charge in [-0.25, -0.2) is 29.5 Å². The topological polar surface area (TPSA) is 587 Å². The second kappa shape index (κ2) is 28.1. The zero-order chi connectivity index (χ0) is 60.5.